The Morgan fingerprint density at radius 3 is 2.61 bits per heavy atom. The molecule has 13 heteroatoms. The molecule has 4 aliphatic rings. The highest BCUT2D eigenvalue weighted by Crippen LogP contribution is 2.64. The Bertz CT molecular complexity index is 1600. The first-order chi connectivity index (χ1) is 21.0. The van der Waals surface area contributed by atoms with Gasteiger partial charge < -0.3 is 19.9 Å². The molecular weight excluding hydrogens is 610 g/mol. The third-order valence-electron chi connectivity index (χ3n) is 10.2. The Kier molecular flexibility index (Phi) is 7.23. The molecule has 0 radical (unpaired) electrons. The van der Waals surface area contributed by atoms with Crippen LogP contribution in [0.25, 0.3) is 0 Å². The second-order valence-corrected chi connectivity index (χ2v) is 14.0. The summed E-state index contributed by atoms with van der Waals surface area (Å²) in [6.45, 7) is 4.65. The monoisotopic (exact) mass is 642 g/mol. The largest absolute Gasteiger partial charge is 0.368 e. The number of halogens is 3. The Balaban J connectivity index is 1.31. The molecule has 3 fully saturated rings. The first-order valence-corrected chi connectivity index (χ1v) is 15.7. The molecule has 5 heterocycles. The zero-order valence-corrected chi connectivity index (χ0v) is 25.8. The molecule has 2 aromatic heterocycles. The summed E-state index contributed by atoms with van der Waals surface area (Å²) in [5.74, 6) is -1.86. The van der Waals surface area contributed by atoms with Gasteiger partial charge in [-0.2, -0.15) is 4.98 Å². The van der Waals surface area contributed by atoms with Crippen LogP contribution < -0.4 is 16.0 Å². The van der Waals surface area contributed by atoms with Gasteiger partial charge in [0.2, 0.25) is 18.2 Å². The molecule has 0 bridgehead atoms. The number of nitrogens with zero attached hydrogens (tertiary/aromatic N) is 3. The molecule has 7 rings (SSSR count). The van der Waals surface area contributed by atoms with Crippen LogP contribution in [0.3, 0.4) is 0 Å². The van der Waals surface area contributed by atoms with Crippen molar-refractivity contribution in [2.75, 3.05) is 11.9 Å². The molecule has 44 heavy (non-hydrogen) atoms. The van der Waals surface area contributed by atoms with E-state index in [2.05, 4.69) is 44.9 Å². The van der Waals surface area contributed by atoms with E-state index in [0.717, 1.165) is 12.8 Å². The van der Waals surface area contributed by atoms with Crippen LogP contribution in [0.2, 0.25) is 10.2 Å². The predicted octanol–water partition coefficient (Wildman–Crippen LogP) is 5.23. The lowest BCUT2D eigenvalue weighted by atomic mass is 9.53. The highest BCUT2D eigenvalue weighted by atomic mass is 35.5. The quantitative estimate of drug-likeness (QED) is 0.330. The number of carbonyl (C=O) groups excluding carboxylic acids is 2. The zero-order valence-electron chi connectivity index (χ0n) is 24.3. The molecule has 1 saturated carbocycles. The van der Waals surface area contributed by atoms with Crippen molar-refractivity contribution >= 4 is 40.7 Å². The molecule has 2 amide bonds. The Labute approximate surface area is 263 Å². The van der Waals surface area contributed by atoms with E-state index in [1.165, 1.54) is 18.7 Å². The third-order valence-corrected chi connectivity index (χ3v) is 10.7. The van der Waals surface area contributed by atoms with E-state index in [1.807, 2.05) is 6.07 Å². The second-order valence-electron chi connectivity index (χ2n) is 13.2. The molecule has 232 valence electrons. The minimum atomic E-state index is -1.33. The Hall–Kier alpha value is -3.12. The highest BCUT2D eigenvalue weighted by molar-refractivity contribution is 6.31. The van der Waals surface area contributed by atoms with Gasteiger partial charge in [0.25, 0.3) is 0 Å². The summed E-state index contributed by atoms with van der Waals surface area (Å²) in [7, 11) is 0. The summed E-state index contributed by atoms with van der Waals surface area (Å²) >= 11 is 12.6. The maximum Gasteiger partial charge on any atom is 0.238 e. The standard InChI is InChI=1S/C31H33Cl2FN6O4/c1-29(2)8-10-30(11-9-29)31(19-5-3-16(32)13-20(19)38-28(31)42)22(18-7-12-35-25(33)23(18)34)24(39-30)27(41)37-17-4-6-21(43-14-17)26-36-15-44-40-26/h3,5,7,12-13,15,17,21-22,24,39H,4,6,8-11,14H2,1-2H3,(H,37,41)(H,38,42)/t17-,21+,22+,24-,31-/m1/s1. The van der Waals surface area contributed by atoms with Crippen molar-refractivity contribution in [3.63, 3.8) is 0 Å². The smallest absolute Gasteiger partial charge is 0.238 e. The number of hydrogen-bond donors (Lipinski definition) is 3. The van der Waals surface area contributed by atoms with E-state index in [4.69, 9.17) is 32.5 Å². The zero-order chi connectivity index (χ0) is 30.9. The summed E-state index contributed by atoms with van der Waals surface area (Å²) in [5, 5.41) is 13.9. The van der Waals surface area contributed by atoms with E-state index in [9.17, 15) is 9.59 Å². The number of ether oxygens (including phenoxy) is 1. The molecule has 5 atom stereocenters. The molecular formula is C31H33Cl2FN6O4. The lowest BCUT2D eigenvalue weighted by molar-refractivity contribution is -0.126. The van der Waals surface area contributed by atoms with Crippen molar-refractivity contribution in [2.24, 2.45) is 5.41 Å². The van der Waals surface area contributed by atoms with E-state index in [-0.39, 0.29) is 46.7 Å². The van der Waals surface area contributed by atoms with E-state index >= 15 is 4.39 Å². The molecule has 3 aliphatic heterocycles. The number of hydrogen-bond acceptors (Lipinski definition) is 8. The van der Waals surface area contributed by atoms with Crippen LogP contribution in [0.5, 0.6) is 0 Å². The van der Waals surface area contributed by atoms with Crippen LogP contribution >= 0.6 is 23.2 Å². The van der Waals surface area contributed by atoms with Gasteiger partial charge in [-0.15, -0.1) is 0 Å². The van der Waals surface area contributed by atoms with Crippen molar-refractivity contribution in [3.05, 3.63) is 69.8 Å². The number of fused-ring (bicyclic) bond motifs is 3. The number of aromatic nitrogens is 3. The van der Waals surface area contributed by atoms with Crippen molar-refractivity contribution < 1.29 is 23.2 Å². The van der Waals surface area contributed by atoms with Gasteiger partial charge in [-0.3, -0.25) is 14.9 Å². The lowest BCUT2D eigenvalue weighted by Crippen LogP contribution is -2.61. The van der Waals surface area contributed by atoms with E-state index < -0.39 is 28.7 Å². The number of anilines is 1. The van der Waals surface area contributed by atoms with Crippen LogP contribution in [-0.4, -0.2) is 51.2 Å². The molecule has 2 saturated heterocycles. The summed E-state index contributed by atoms with van der Waals surface area (Å²) in [5.41, 5.74) is -0.725. The lowest BCUT2D eigenvalue weighted by Gasteiger charge is -2.50. The van der Waals surface area contributed by atoms with Gasteiger partial charge in [-0.1, -0.05) is 48.3 Å². The number of nitrogens with one attached hydrogen (secondary N) is 3. The molecule has 2 spiro atoms. The first kappa shape index (κ1) is 29.6. The van der Waals surface area contributed by atoms with Crippen LogP contribution in [0.1, 0.15) is 81.3 Å². The van der Waals surface area contributed by atoms with Crippen molar-refractivity contribution in [3.8, 4) is 0 Å². The van der Waals surface area contributed by atoms with Gasteiger partial charge in [-0.25, -0.2) is 9.37 Å². The fourth-order valence-electron chi connectivity index (χ4n) is 8.01. The molecule has 3 N–H and O–H groups in total. The number of rotatable bonds is 4. The van der Waals surface area contributed by atoms with Gasteiger partial charge in [-0.05, 0) is 73.3 Å². The Morgan fingerprint density at radius 2 is 1.91 bits per heavy atom. The van der Waals surface area contributed by atoms with Gasteiger partial charge in [0.1, 0.15) is 11.5 Å². The molecule has 3 aromatic rings. The second kappa shape index (κ2) is 10.8. The average molecular weight is 644 g/mol. The van der Waals surface area contributed by atoms with Gasteiger partial charge >= 0.3 is 0 Å². The number of pyridine rings is 1. The summed E-state index contributed by atoms with van der Waals surface area (Å²) in [4.78, 5) is 36.9. The maximum absolute atomic E-state index is 16.1. The average Bonchev–Trinajstić information content (AvgIpc) is 3.70. The van der Waals surface area contributed by atoms with Crippen molar-refractivity contribution in [2.45, 2.75) is 87.4 Å². The normalized spacial score (nSPS) is 30.3. The van der Waals surface area contributed by atoms with Gasteiger partial charge in [0.15, 0.2) is 16.8 Å². The van der Waals surface area contributed by atoms with E-state index in [1.54, 1.807) is 12.1 Å². The van der Waals surface area contributed by atoms with Crippen LogP contribution in [0.15, 0.2) is 41.4 Å². The number of benzene rings is 1. The fourth-order valence-corrected chi connectivity index (χ4v) is 8.35. The summed E-state index contributed by atoms with van der Waals surface area (Å²) in [6, 6.07) is 5.54. The minimum Gasteiger partial charge on any atom is -0.368 e. The Morgan fingerprint density at radius 1 is 1.11 bits per heavy atom. The van der Waals surface area contributed by atoms with Crippen LogP contribution in [0, 0.1) is 11.2 Å². The fraction of sp³-hybridized carbons (Fsp3) is 0.516. The van der Waals surface area contributed by atoms with Gasteiger partial charge in [0, 0.05) is 28.4 Å². The topological polar surface area (TPSA) is 131 Å². The molecule has 1 aromatic carbocycles. The highest BCUT2D eigenvalue weighted by Gasteiger charge is 2.73. The van der Waals surface area contributed by atoms with E-state index in [0.29, 0.717) is 47.8 Å². The molecule has 10 nitrogen and oxygen atoms in total. The molecule has 0 unspecified atom stereocenters. The van der Waals surface area contributed by atoms with Crippen molar-refractivity contribution in [1.82, 2.24) is 25.8 Å². The third kappa shape index (κ3) is 4.54. The first-order valence-electron chi connectivity index (χ1n) is 14.9. The molecule has 1 aliphatic carbocycles. The summed E-state index contributed by atoms with van der Waals surface area (Å²) < 4.78 is 26.9. The van der Waals surface area contributed by atoms with Gasteiger partial charge in [0.05, 0.1) is 18.7 Å². The number of carbonyl (C=O) groups is 2. The maximum atomic E-state index is 16.1. The predicted molar refractivity (Wildman–Crippen MR) is 160 cm³/mol. The minimum absolute atomic E-state index is 0.0434. The van der Waals surface area contributed by atoms with Crippen LogP contribution in [0.4, 0.5) is 10.1 Å². The SMILES string of the molecule is CC1(C)CCC2(CC1)N[C@@H](C(=O)N[C@@H]1CC[C@@H](c3ncon3)OC1)[C@H](c1ccnc(Cl)c1F)[C@]21C(=O)Nc2cc(Cl)ccc21. The van der Waals surface area contributed by atoms with Crippen LogP contribution in [-0.2, 0) is 19.7 Å². The summed E-state index contributed by atoms with van der Waals surface area (Å²) in [6.07, 6.45) is 6.39. The number of amides is 2. The van der Waals surface area contributed by atoms with Crippen molar-refractivity contribution in [1.29, 1.82) is 0 Å².